The van der Waals surface area contributed by atoms with Crippen molar-refractivity contribution < 1.29 is 40.1 Å². The third-order valence-corrected chi connectivity index (χ3v) is 9.69. The van der Waals surface area contributed by atoms with Gasteiger partial charge in [-0.15, -0.1) is 6.58 Å². The number of allylic oxidation sites excluding steroid dienone is 2. The molecule has 1 saturated heterocycles. The van der Waals surface area contributed by atoms with E-state index in [9.17, 15) is 30.6 Å². The minimum absolute atomic E-state index is 0.0416. The number of ether oxygens (including phenoxy) is 2. The van der Waals surface area contributed by atoms with Gasteiger partial charge in [0, 0.05) is 10.8 Å². The van der Waals surface area contributed by atoms with Gasteiger partial charge in [0.05, 0.1) is 25.4 Å². The van der Waals surface area contributed by atoms with Gasteiger partial charge in [-0.1, -0.05) is 32.9 Å². The second-order valence-corrected chi connectivity index (χ2v) is 11.8. The molecule has 0 aromatic carbocycles. The van der Waals surface area contributed by atoms with Gasteiger partial charge < -0.3 is 40.1 Å². The van der Waals surface area contributed by atoms with Gasteiger partial charge in [0.25, 0.3) is 0 Å². The van der Waals surface area contributed by atoms with E-state index in [2.05, 4.69) is 26.5 Å². The van der Waals surface area contributed by atoms with Gasteiger partial charge >= 0.3 is 0 Å². The van der Waals surface area contributed by atoms with E-state index >= 15 is 0 Å². The largest absolute Gasteiger partial charge is 0.394 e. The van der Waals surface area contributed by atoms with Gasteiger partial charge in [-0.3, -0.25) is 0 Å². The van der Waals surface area contributed by atoms with Crippen molar-refractivity contribution in [2.24, 2.45) is 28.1 Å². The summed E-state index contributed by atoms with van der Waals surface area (Å²) in [6.45, 7) is 9.87. The van der Waals surface area contributed by atoms with Crippen LogP contribution < -0.4 is 0 Å². The standard InChI is InChI=1S/C26H42O8/c1-5-24(2)8-6-15-14(11-24)16(28)10-18-25(15,3)9-7-19(29)26(18,4)13-33-23-22(32)21(31)20(30)17(12-27)34-23/h5,11,15-23,27-32H,1,6-10,12-13H2,2-4H3/t15?,16-,17-,18?,19?,20-,21-,22+,23-,24+,25-,26-/m1/s1. The van der Waals surface area contributed by atoms with E-state index in [4.69, 9.17) is 9.47 Å². The van der Waals surface area contributed by atoms with E-state index in [1.165, 1.54) is 0 Å². The van der Waals surface area contributed by atoms with Crippen LogP contribution in [-0.2, 0) is 9.47 Å². The third-order valence-electron chi connectivity index (χ3n) is 9.69. The van der Waals surface area contributed by atoms with Crippen molar-refractivity contribution in [3.05, 3.63) is 24.3 Å². The highest BCUT2D eigenvalue weighted by atomic mass is 16.7. The molecule has 1 heterocycles. The zero-order valence-corrected chi connectivity index (χ0v) is 20.5. The summed E-state index contributed by atoms with van der Waals surface area (Å²) >= 11 is 0. The molecule has 3 aliphatic carbocycles. The molecular weight excluding hydrogens is 440 g/mol. The first-order valence-corrected chi connectivity index (χ1v) is 12.5. The molecule has 4 aliphatic rings. The van der Waals surface area contributed by atoms with E-state index in [1.54, 1.807) is 0 Å². The monoisotopic (exact) mass is 482 g/mol. The molecule has 1 aliphatic heterocycles. The summed E-state index contributed by atoms with van der Waals surface area (Å²) in [6, 6.07) is 0. The van der Waals surface area contributed by atoms with Crippen molar-refractivity contribution in [3.63, 3.8) is 0 Å². The molecule has 0 aromatic heterocycles. The van der Waals surface area contributed by atoms with Gasteiger partial charge in [-0.05, 0) is 54.9 Å². The van der Waals surface area contributed by atoms with E-state index in [-0.39, 0.29) is 29.3 Å². The van der Waals surface area contributed by atoms with Crippen LogP contribution in [0.15, 0.2) is 24.3 Å². The number of fused-ring (bicyclic) bond motifs is 3. The normalized spacial score (nSPS) is 53.4. The molecule has 12 atom stereocenters. The molecular formula is C26H42O8. The first-order valence-electron chi connectivity index (χ1n) is 12.5. The van der Waals surface area contributed by atoms with Crippen LogP contribution in [0.2, 0.25) is 0 Å². The number of hydrogen-bond donors (Lipinski definition) is 6. The third kappa shape index (κ3) is 4.10. The Morgan fingerprint density at radius 3 is 2.41 bits per heavy atom. The molecule has 194 valence electrons. The van der Waals surface area contributed by atoms with E-state index in [0.29, 0.717) is 12.8 Å². The van der Waals surface area contributed by atoms with Gasteiger partial charge in [-0.2, -0.15) is 0 Å². The molecule has 6 N–H and O–H groups in total. The van der Waals surface area contributed by atoms with Crippen LogP contribution in [0.5, 0.6) is 0 Å². The van der Waals surface area contributed by atoms with Crippen molar-refractivity contribution in [3.8, 4) is 0 Å². The molecule has 0 bridgehead atoms. The molecule has 3 unspecified atom stereocenters. The van der Waals surface area contributed by atoms with Crippen LogP contribution >= 0.6 is 0 Å². The molecule has 34 heavy (non-hydrogen) atoms. The molecule has 0 aromatic rings. The van der Waals surface area contributed by atoms with Crippen LogP contribution in [0, 0.1) is 28.1 Å². The van der Waals surface area contributed by atoms with Crippen molar-refractivity contribution >= 4 is 0 Å². The fourth-order valence-corrected chi connectivity index (χ4v) is 7.29. The summed E-state index contributed by atoms with van der Waals surface area (Å²) in [4.78, 5) is 0. The Balaban J connectivity index is 1.58. The highest BCUT2D eigenvalue weighted by molar-refractivity contribution is 5.30. The Morgan fingerprint density at radius 1 is 1.06 bits per heavy atom. The van der Waals surface area contributed by atoms with Crippen LogP contribution in [0.3, 0.4) is 0 Å². The van der Waals surface area contributed by atoms with Crippen LogP contribution in [-0.4, -0.2) is 86.8 Å². The second-order valence-electron chi connectivity index (χ2n) is 11.8. The summed E-state index contributed by atoms with van der Waals surface area (Å²) in [5.41, 5.74) is 0.0957. The molecule has 2 saturated carbocycles. The SMILES string of the molecule is C=C[C@]1(C)C=C2C(CC1)[C@@]1(C)CCC(O)[C@](C)(CO[C@@H]3O[C@H](CO)[C@@H](O)[C@@H](O)[C@@H]3O)C1C[C@H]2O. The lowest BCUT2D eigenvalue weighted by molar-refractivity contribution is -0.313. The van der Waals surface area contributed by atoms with Crippen LogP contribution in [0.4, 0.5) is 0 Å². The summed E-state index contributed by atoms with van der Waals surface area (Å²) in [6.07, 6.45) is -0.0495. The Hall–Kier alpha value is -0.840. The topological polar surface area (TPSA) is 140 Å². The van der Waals surface area contributed by atoms with E-state index in [1.807, 2.05) is 13.0 Å². The van der Waals surface area contributed by atoms with Gasteiger partial charge in [0.2, 0.25) is 0 Å². The Morgan fingerprint density at radius 2 is 1.76 bits per heavy atom. The van der Waals surface area contributed by atoms with Crippen LogP contribution in [0.1, 0.15) is 52.9 Å². The van der Waals surface area contributed by atoms with E-state index in [0.717, 1.165) is 24.8 Å². The number of aliphatic hydroxyl groups is 6. The molecule has 8 heteroatoms. The second kappa shape index (κ2) is 9.23. The molecule has 3 fully saturated rings. The van der Waals surface area contributed by atoms with Gasteiger partial charge in [0.15, 0.2) is 6.29 Å². The van der Waals surface area contributed by atoms with Crippen molar-refractivity contribution in [2.75, 3.05) is 13.2 Å². The molecule has 8 nitrogen and oxygen atoms in total. The maximum absolute atomic E-state index is 11.2. The smallest absolute Gasteiger partial charge is 0.186 e. The van der Waals surface area contributed by atoms with Crippen molar-refractivity contribution in [1.82, 2.24) is 0 Å². The zero-order valence-electron chi connectivity index (χ0n) is 20.5. The summed E-state index contributed by atoms with van der Waals surface area (Å²) < 4.78 is 11.5. The molecule has 0 spiro atoms. The number of aliphatic hydroxyl groups excluding tert-OH is 6. The fraction of sp³-hybridized carbons (Fsp3) is 0.846. The quantitative estimate of drug-likeness (QED) is 0.318. The predicted molar refractivity (Wildman–Crippen MR) is 124 cm³/mol. The Kier molecular flexibility index (Phi) is 7.12. The molecule has 0 amide bonds. The average molecular weight is 483 g/mol. The maximum atomic E-state index is 11.2. The lowest BCUT2D eigenvalue weighted by Gasteiger charge is -2.62. The maximum Gasteiger partial charge on any atom is 0.186 e. The lowest BCUT2D eigenvalue weighted by atomic mass is 9.44. The molecule has 4 rings (SSSR count). The Bertz CT molecular complexity index is 800. The summed E-state index contributed by atoms with van der Waals surface area (Å²) in [5.74, 6) is 0.159. The minimum atomic E-state index is -1.52. The highest BCUT2D eigenvalue weighted by Crippen LogP contribution is 2.64. The number of rotatable bonds is 5. The summed E-state index contributed by atoms with van der Waals surface area (Å²) in [5, 5.41) is 62.4. The lowest BCUT2D eigenvalue weighted by Crippen LogP contribution is -2.62. The van der Waals surface area contributed by atoms with Gasteiger partial charge in [-0.25, -0.2) is 0 Å². The van der Waals surface area contributed by atoms with Gasteiger partial charge in [0.1, 0.15) is 24.4 Å². The highest BCUT2D eigenvalue weighted by Gasteiger charge is 2.61. The van der Waals surface area contributed by atoms with Crippen molar-refractivity contribution in [2.45, 2.75) is 95.8 Å². The molecule has 0 radical (unpaired) electrons. The number of hydrogen-bond acceptors (Lipinski definition) is 8. The first-order chi connectivity index (χ1) is 15.9. The first kappa shape index (κ1) is 26.2. The van der Waals surface area contributed by atoms with Crippen LogP contribution in [0.25, 0.3) is 0 Å². The average Bonchev–Trinajstić information content (AvgIpc) is 2.82. The fourth-order valence-electron chi connectivity index (χ4n) is 7.29. The predicted octanol–water partition coefficient (Wildman–Crippen LogP) is 0.880. The summed E-state index contributed by atoms with van der Waals surface area (Å²) in [7, 11) is 0. The Labute approximate surface area is 201 Å². The van der Waals surface area contributed by atoms with E-state index < -0.39 is 54.9 Å². The van der Waals surface area contributed by atoms with Crippen molar-refractivity contribution in [1.29, 1.82) is 0 Å². The zero-order chi connectivity index (χ0) is 25.1. The minimum Gasteiger partial charge on any atom is -0.394 e.